The Hall–Kier alpha value is -2.86. The van der Waals surface area contributed by atoms with E-state index in [0.29, 0.717) is 13.1 Å². The number of hydrogen-bond donors (Lipinski definition) is 0. The predicted octanol–water partition coefficient (Wildman–Crippen LogP) is 3.72. The molecule has 1 saturated heterocycles. The molecule has 0 unspecified atom stereocenters. The Morgan fingerprint density at radius 2 is 1.71 bits per heavy atom. The average Bonchev–Trinajstić information content (AvgIpc) is 2.74. The van der Waals surface area contributed by atoms with Gasteiger partial charge in [-0.15, -0.1) is 0 Å². The van der Waals surface area contributed by atoms with Gasteiger partial charge < -0.3 is 9.47 Å². The van der Waals surface area contributed by atoms with Crippen LogP contribution in [0.4, 0.5) is 0 Å². The van der Waals surface area contributed by atoms with Crippen LogP contribution < -0.4 is 0 Å². The fourth-order valence-corrected chi connectivity index (χ4v) is 3.66. The molecule has 146 valence electrons. The highest BCUT2D eigenvalue weighted by atomic mass is 16.5. The number of carbonyl (C=O) groups is 1. The lowest BCUT2D eigenvalue weighted by atomic mass is 9.95. The quantitative estimate of drug-likeness (QED) is 0.317. The number of benzene rings is 2. The molecule has 0 saturated carbocycles. The third-order valence-corrected chi connectivity index (χ3v) is 4.83. The van der Waals surface area contributed by atoms with E-state index in [1.807, 2.05) is 36.4 Å². The summed E-state index contributed by atoms with van der Waals surface area (Å²) in [5, 5.41) is 3.68. The van der Waals surface area contributed by atoms with Crippen LogP contribution in [-0.2, 0) is 14.3 Å². The number of methoxy groups -OCH3 is 1. The molecular weight excluding hydrogens is 356 g/mol. The van der Waals surface area contributed by atoms with Gasteiger partial charge in [-0.3, -0.25) is 9.69 Å². The van der Waals surface area contributed by atoms with Crippen LogP contribution in [-0.4, -0.2) is 49.8 Å². The van der Waals surface area contributed by atoms with E-state index < -0.39 is 0 Å². The van der Waals surface area contributed by atoms with Crippen molar-refractivity contribution in [2.75, 3.05) is 26.7 Å². The maximum atomic E-state index is 11.8. The minimum absolute atomic E-state index is 0.0139. The van der Waals surface area contributed by atoms with E-state index in [1.54, 1.807) is 0 Å². The number of nitrogens with zero attached hydrogens (tertiary/aromatic N) is 4. The van der Waals surface area contributed by atoms with E-state index in [9.17, 15) is 4.79 Å². The van der Waals surface area contributed by atoms with Crippen LogP contribution in [0, 0.1) is 0 Å². The first-order valence-corrected chi connectivity index (χ1v) is 9.28. The van der Waals surface area contributed by atoms with Gasteiger partial charge in [0.05, 0.1) is 38.3 Å². The lowest BCUT2D eigenvalue weighted by molar-refractivity contribution is -0.149. The van der Waals surface area contributed by atoms with Gasteiger partial charge >= 0.3 is 5.97 Å². The molecule has 2 atom stereocenters. The summed E-state index contributed by atoms with van der Waals surface area (Å²) in [6.45, 7) is 1.41. The lowest BCUT2D eigenvalue weighted by Gasteiger charge is -2.42. The van der Waals surface area contributed by atoms with Crippen LogP contribution in [0.2, 0.25) is 0 Å². The predicted molar refractivity (Wildman–Crippen MR) is 106 cm³/mol. The van der Waals surface area contributed by atoms with Gasteiger partial charge in [0, 0.05) is 18.0 Å². The Morgan fingerprint density at radius 3 is 2.25 bits per heavy atom. The van der Waals surface area contributed by atoms with Crippen molar-refractivity contribution in [2.24, 2.45) is 5.11 Å². The Balaban J connectivity index is 1.92. The molecule has 28 heavy (non-hydrogen) atoms. The summed E-state index contributed by atoms with van der Waals surface area (Å²) >= 11 is 0. The molecule has 1 aliphatic rings. The first-order chi connectivity index (χ1) is 13.7. The average molecular weight is 380 g/mol. The second-order valence-electron chi connectivity index (χ2n) is 6.75. The van der Waals surface area contributed by atoms with Crippen LogP contribution in [0.15, 0.2) is 65.8 Å². The van der Waals surface area contributed by atoms with E-state index >= 15 is 0 Å². The van der Waals surface area contributed by atoms with E-state index in [4.69, 9.17) is 15.0 Å². The molecule has 0 aliphatic carbocycles. The molecule has 0 bridgehead atoms. The van der Waals surface area contributed by atoms with Gasteiger partial charge in [0.25, 0.3) is 0 Å². The summed E-state index contributed by atoms with van der Waals surface area (Å²) in [6.07, 6.45) is -0.444. The standard InChI is InChI=1S/C21H24N4O3/c1-27-20(26)12-18-14-25(15-19(28-18)13-23-24-22)21(16-8-4-2-5-9-16)17-10-6-3-7-11-17/h2-11,18-19,21H,12-15H2,1H3/t18-,19+/m0/s1. The first-order valence-electron chi connectivity index (χ1n) is 9.28. The zero-order valence-corrected chi connectivity index (χ0v) is 15.8. The number of carbonyl (C=O) groups excluding carboxylic acids is 1. The van der Waals surface area contributed by atoms with Crippen molar-refractivity contribution in [1.82, 2.24) is 4.90 Å². The van der Waals surface area contributed by atoms with Gasteiger partial charge in [-0.05, 0) is 16.7 Å². The van der Waals surface area contributed by atoms with E-state index in [-0.39, 0.29) is 37.2 Å². The Labute approximate surface area is 164 Å². The third-order valence-electron chi connectivity index (χ3n) is 4.83. The van der Waals surface area contributed by atoms with Crippen molar-refractivity contribution < 1.29 is 14.3 Å². The largest absolute Gasteiger partial charge is 0.469 e. The van der Waals surface area contributed by atoms with Crippen molar-refractivity contribution in [3.8, 4) is 0 Å². The summed E-state index contributed by atoms with van der Waals surface area (Å²) in [5.74, 6) is -0.314. The molecular formula is C21H24N4O3. The number of hydrogen-bond acceptors (Lipinski definition) is 5. The van der Waals surface area contributed by atoms with Gasteiger partial charge in [0.15, 0.2) is 0 Å². The minimum atomic E-state index is -0.324. The molecule has 1 fully saturated rings. The van der Waals surface area contributed by atoms with Gasteiger partial charge in [-0.1, -0.05) is 65.8 Å². The first kappa shape index (κ1) is 19.9. The molecule has 1 heterocycles. The SMILES string of the molecule is COC(=O)C[C@H]1CN(C(c2ccccc2)c2ccccc2)C[C@@H](CN=[N+]=[N-])O1. The van der Waals surface area contributed by atoms with Gasteiger partial charge in [0.1, 0.15) is 0 Å². The highest BCUT2D eigenvalue weighted by Gasteiger charge is 2.34. The molecule has 0 spiro atoms. The fourth-order valence-electron chi connectivity index (χ4n) is 3.66. The molecule has 0 aromatic heterocycles. The van der Waals surface area contributed by atoms with Crippen LogP contribution in [0.1, 0.15) is 23.6 Å². The third kappa shape index (κ3) is 5.10. The van der Waals surface area contributed by atoms with Crippen LogP contribution in [0.25, 0.3) is 10.4 Å². The number of ether oxygens (including phenoxy) is 2. The van der Waals surface area contributed by atoms with Crippen LogP contribution >= 0.6 is 0 Å². The molecule has 0 N–H and O–H groups in total. The normalized spacial score (nSPS) is 19.8. The summed E-state index contributed by atoms with van der Waals surface area (Å²) in [4.78, 5) is 17.0. The van der Waals surface area contributed by atoms with Crippen molar-refractivity contribution >= 4 is 5.97 Å². The number of morpholine rings is 1. The van der Waals surface area contributed by atoms with Crippen molar-refractivity contribution in [3.05, 3.63) is 82.2 Å². The topological polar surface area (TPSA) is 87.5 Å². The summed E-state index contributed by atoms with van der Waals surface area (Å²) in [6, 6.07) is 20.5. The summed E-state index contributed by atoms with van der Waals surface area (Å²) < 4.78 is 10.8. The fraction of sp³-hybridized carbons (Fsp3) is 0.381. The van der Waals surface area contributed by atoms with Gasteiger partial charge in [-0.2, -0.15) is 0 Å². The molecule has 2 aromatic carbocycles. The van der Waals surface area contributed by atoms with Gasteiger partial charge in [0.2, 0.25) is 0 Å². The molecule has 3 rings (SSSR count). The number of azide groups is 1. The lowest BCUT2D eigenvalue weighted by Crippen LogP contribution is -2.50. The zero-order valence-electron chi connectivity index (χ0n) is 15.8. The molecule has 0 amide bonds. The highest BCUT2D eigenvalue weighted by Crippen LogP contribution is 2.31. The molecule has 0 radical (unpaired) electrons. The smallest absolute Gasteiger partial charge is 0.308 e. The van der Waals surface area contributed by atoms with Crippen molar-refractivity contribution in [2.45, 2.75) is 24.7 Å². The van der Waals surface area contributed by atoms with E-state index in [1.165, 1.54) is 7.11 Å². The zero-order chi connectivity index (χ0) is 19.8. The molecule has 1 aliphatic heterocycles. The summed E-state index contributed by atoms with van der Waals surface area (Å²) in [5.41, 5.74) is 11.0. The molecule has 7 heteroatoms. The van der Waals surface area contributed by atoms with E-state index in [0.717, 1.165) is 11.1 Å². The monoisotopic (exact) mass is 380 g/mol. The Kier molecular flexibility index (Phi) is 7.03. The maximum Gasteiger partial charge on any atom is 0.308 e. The van der Waals surface area contributed by atoms with Gasteiger partial charge in [-0.25, -0.2) is 0 Å². The van der Waals surface area contributed by atoms with Crippen LogP contribution in [0.3, 0.4) is 0 Å². The number of esters is 1. The molecule has 7 nitrogen and oxygen atoms in total. The number of rotatable bonds is 7. The maximum absolute atomic E-state index is 11.8. The Bertz CT molecular complexity index is 769. The van der Waals surface area contributed by atoms with Crippen molar-refractivity contribution in [1.29, 1.82) is 0 Å². The second-order valence-corrected chi connectivity index (χ2v) is 6.75. The second kappa shape index (κ2) is 9.90. The Morgan fingerprint density at radius 1 is 1.14 bits per heavy atom. The van der Waals surface area contributed by atoms with Crippen molar-refractivity contribution in [3.63, 3.8) is 0 Å². The summed E-state index contributed by atoms with van der Waals surface area (Å²) in [7, 11) is 1.37. The molecule has 2 aromatic rings. The minimum Gasteiger partial charge on any atom is -0.469 e. The van der Waals surface area contributed by atoms with E-state index in [2.05, 4.69) is 39.2 Å². The highest BCUT2D eigenvalue weighted by molar-refractivity contribution is 5.69. The van der Waals surface area contributed by atoms with Crippen LogP contribution in [0.5, 0.6) is 0 Å².